The molecular formula is C18H18F2Na2O8S3. The Morgan fingerprint density at radius 1 is 0.636 bits per heavy atom. The van der Waals surface area contributed by atoms with E-state index in [0.29, 0.717) is 0 Å². The summed E-state index contributed by atoms with van der Waals surface area (Å²) < 4.78 is 118. The number of benzene rings is 2. The molecule has 15 heteroatoms. The van der Waals surface area contributed by atoms with Gasteiger partial charge in [0.2, 0.25) is 9.84 Å². The molecule has 8 nitrogen and oxygen atoms in total. The van der Waals surface area contributed by atoms with E-state index in [1.165, 1.54) is 0 Å². The minimum absolute atomic E-state index is 0. The number of hydrogen-bond donors (Lipinski definition) is 0. The monoisotopic (exact) mass is 542 g/mol. The van der Waals surface area contributed by atoms with E-state index >= 15 is 0 Å². The van der Waals surface area contributed by atoms with Crippen molar-refractivity contribution in [3.8, 4) is 0 Å². The van der Waals surface area contributed by atoms with Crippen molar-refractivity contribution in [2.45, 2.75) is 35.5 Å². The van der Waals surface area contributed by atoms with Crippen LogP contribution in [-0.4, -0.2) is 45.9 Å². The van der Waals surface area contributed by atoms with E-state index < -0.39 is 53.2 Å². The van der Waals surface area contributed by atoms with E-state index in [1.54, 1.807) is 0 Å². The number of halogens is 2. The van der Waals surface area contributed by atoms with Gasteiger partial charge < -0.3 is 9.11 Å². The Labute approximate surface area is 236 Å². The molecule has 2 aromatic carbocycles. The standard InChI is InChI=1S/C18H20F2O8S3.2Na/c19-17-7-5-15(11-13(17)3-1-9-29(21,22)23)31(27,28)16-6-8-18(20)14(12-16)4-2-10-30(24,25)26;;/h5-8,11-12H,1-4,9-10H2,(H,21,22,23)(H,24,25,26);;/q;2*+1/p-2. The third-order valence-corrected chi connectivity index (χ3v) is 7.66. The molecule has 0 N–H and O–H groups in total. The molecule has 0 aromatic heterocycles. The zero-order valence-electron chi connectivity index (χ0n) is 18.0. The summed E-state index contributed by atoms with van der Waals surface area (Å²) in [6.45, 7) is 0. The van der Waals surface area contributed by atoms with E-state index in [1.807, 2.05) is 0 Å². The molecule has 0 heterocycles. The minimum Gasteiger partial charge on any atom is -0.748 e. The predicted octanol–water partition coefficient (Wildman–Crippen LogP) is -4.24. The molecular weight excluding hydrogens is 524 g/mol. The number of rotatable bonds is 10. The summed E-state index contributed by atoms with van der Waals surface area (Å²) in [6.07, 6.45) is -0.769. The van der Waals surface area contributed by atoms with Crippen molar-refractivity contribution in [2.75, 3.05) is 11.5 Å². The van der Waals surface area contributed by atoms with E-state index in [2.05, 4.69) is 0 Å². The molecule has 0 saturated heterocycles. The van der Waals surface area contributed by atoms with Crippen LogP contribution in [0.15, 0.2) is 46.2 Å². The van der Waals surface area contributed by atoms with Crippen LogP contribution in [0.2, 0.25) is 0 Å². The quantitative estimate of drug-likeness (QED) is 0.167. The van der Waals surface area contributed by atoms with Crippen LogP contribution < -0.4 is 59.1 Å². The zero-order valence-corrected chi connectivity index (χ0v) is 24.4. The first-order valence-corrected chi connectivity index (χ1v) is 13.5. The Balaban J connectivity index is 0.00000512. The van der Waals surface area contributed by atoms with Crippen molar-refractivity contribution in [3.63, 3.8) is 0 Å². The van der Waals surface area contributed by atoms with Crippen LogP contribution in [-0.2, 0) is 42.9 Å². The summed E-state index contributed by atoms with van der Waals surface area (Å²) in [7, 11) is -13.2. The van der Waals surface area contributed by atoms with Crippen molar-refractivity contribution in [3.05, 3.63) is 59.2 Å². The molecule has 0 aliphatic heterocycles. The van der Waals surface area contributed by atoms with Gasteiger partial charge in [0.15, 0.2) is 0 Å². The van der Waals surface area contributed by atoms with E-state index in [-0.39, 0.29) is 106 Å². The molecule has 0 atom stereocenters. The number of sulfone groups is 1. The molecule has 0 unspecified atom stereocenters. The van der Waals surface area contributed by atoms with Crippen molar-refractivity contribution in [1.29, 1.82) is 0 Å². The Bertz CT molecular complexity index is 1190. The van der Waals surface area contributed by atoms with Gasteiger partial charge in [-0.3, -0.25) is 0 Å². The van der Waals surface area contributed by atoms with Gasteiger partial charge in [-0.15, -0.1) is 0 Å². The van der Waals surface area contributed by atoms with Crippen LogP contribution in [0.4, 0.5) is 8.78 Å². The van der Waals surface area contributed by atoms with Gasteiger partial charge in [-0.2, -0.15) is 0 Å². The summed E-state index contributed by atoms with van der Waals surface area (Å²) in [5, 5.41) is 0. The van der Waals surface area contributed by atoms with Gasteiger partial charge >= 0.3 is 59.1 Å². The van der Waals surface area contributed by atoms with Gasteiger partial charge in [-0.25, -0.2) is 34.0 Å². The van der Waals surface area contributed by atoms with Crippen molar-refractivity contribution in [1.82, 2.24) is 0 Å². The van der Waals surface area contributed by atoms with E-state index in [9.17, 15) is 43.1 Å². The molecule has 172 valence electrons. The zero-order chi connectivity index (χ0) is 23.4. The Kier molecular flexibility index (Phi) is 13.4. The Morgan fingerprint density at radius 2 is 0.970 bits per heavy atom. The molecule has 2 rings (SSSR count). The molecule has 0 spiro atoms. The predicted molar refractivity (Wildman–Crippen MR) is 104 cm³/mol. The molecule has 0 radical (unpaired) electrons. The maximum absolute atomic E-state index is 14.0. The van der Waals surface area contributed by atoms with Crippen LogP contribution in [0.1, 0.15) is 24.0 Å². The van der Waals surface area contributed by atoms with Crippen molar-refractivity contribution >= 4 is 30.1 Å². The molecule has 0 saturated carbocycles. The van der Waals surface area contributed by atoms with Gasteiger partial charge in [0.1, 0.15) is 11.6 Å². The SMILES string of the molecule is O=S(=O)([O-])CCCc1cc(S(=O)(=O)c2ccc(F)c(CCCS(=O)(=O)[O-])c2)ccc1F.[Na+].[Na+]. The summed E-state index contributed by atoms with van der Waals surface area (Å²) in [4.78, 5) is -0.651. The second kappa shape index (κ2) is 13.4. The normalized spacial score (nSPS) is 12.0. The van der Waals surface area contributed by atoms with Gasteiger partial charge in [-0.05, 0) is 73.2 Å². The maximum Gasteiger partial charge on any atom is 1.00 e. The topological polar surface area (TPSA) is 149 Å². The van der Waals surface area contributed by atoms with Gasteiger partial charge in [-0.1, -0.05) is 0 Å². The summed E-state index contributed by atoms with van der Waals surface area (Å²) in [6, 6.07) is 5.77. The average molecular weight is 543 g/mol. The molecule has 2 aromatic rings. The first kappa shape index (κ1) is 33.1. The Hall–Kier alpha value is 0.0700. The minimum atomic E-state index is -4.50. The molecule has 0 aliphatic carbocycles. The fourth-order valence-electron chi connectivity index (χ4n) is 2.83. The first-order valence-electron chi connectivity index (χ1n) is 8.88. The summed E-state index contributed by atoms with van der Waals surface area (Å²) in [5.41, 5.74) is -0.208. The second-order valence-corrected chi connectivity index (χ2v) is 11.7. The average Bonchev–Trinajstić information content (AvgIpc) is 2.62. The third-order valence-electron chi connectivity index (χ3n) is 4.34. The van der Waals surface area contributed by atoms with Crippen LogP contribution in [0.5, 0.6) is 0 Å². The number of aryl methyl sites for hydroxylation is 2. The van der Waals surface area contributed by atoms with Gasteiger partial charge in [0, 0.05) is 11.5 Å². The molecule has 33 heavy (non-hydrogen) atoms. The fraction of sp³-hybridized carbons (Fsp3) is 0.333. The Morgan fingerprint density at radius 3 is 1.27 bits per heavy atom. The summed E-state index contributed by atoms with van der Waals surface area (Å²) >= 11 is 0. The second-order valence-electron chi connectivity index (χ2n) is 6.74. The third kappa shape index (κ3) is 10.7. The van der Waals surface area contributed by atoms with Gasteiger partial charge in [0.05, 0.1) is 30.0 Å². The largest absolute Gasteiger partial charge is 1.00 e. The fourth-order valence-corrected chi connectivity index (χ4v) is 5.19. The van der Waals surface area contributed by atoms with Crippen molar-refractivity contribution < 1.29 is 102 Å². The molecule has 0 amide bonds. The van der Waals surface area contributed by atoms with Crippen LogP contribution in [0.3, 0.4) is 0 Å². The first-order chi connectivity index (χ1) is 14.2. The van der Waals surface area contributed by atoms with Crippen LogP contribution in [0.25, 0.3) is 0 Å². The number of hydrogen-bond acceptors (Lipinski definition) is 8. The maximum atomic E-state index is 14.0. The van der Waals surface area contributed by atoms with Crippen LogP contribution in [0, 0.1) is 11.6 Å². The van der Waals surface area contributed by atoms with E-state index in [4.69, 9.17) is 0 Å². The van der Waals surface area contributed by atoms with Gasteiger partial charge in [0.25, 0.3) is 0 Å². The molecule has 0 fully saturated rings. The summed E-state index contributed by atoms with van der Waals surface area (Å²) in [5.74, 6) is -3.02. The smallest absolute Gasteiger partial charge is 0.748 e. The van der Waals surface area contributed by atoms with Crippen LogP contribution >= 0.6 is 0 Å². The van der Waals surface area contributed by atoms with E-state index in [0.717, 1.165) is 36.4 Å². The molecule has 0 bridgehead atoms. The molecule has 0 aliphatic rings. The van der Waals surface area contributed by atoms with Crippen molar-refractivity contribution in [2.24, 2.45) is 0 Å².